The highest BCUT2D eigenvalue weighted by molar-refractivity contribution is 5.69. The van der Waals surface area contributed by atoms with E-state index < -0.39 is 0 Å². The van der Waals surface area contributed by atoms with E-state index in [1.54, 1.807) is 12.1 Å². The first-order valence-corrected chi connectivity index (χ1v) is 5.34. The van der Waals surface area contributed by atoms with Gasteiger partial charge in [-0.3, -0.25) is 0 Å². The molecule has 0 unspecified atom stereocenters. The number of nitrogens with zero attached hydrogens (tertiary/aromatic N) is 2. The Hall–Kier alpha value is -1.69. The van der Waals surface area contributed by atoms with Crippen LogP contribution in [0.5, 0.6) is 0 Å². The molecule has 0 bridgehead atoms. The number of nitriles is 1. The number of nitrogens with two attached hydrogens (primary N) is 1. The maximum atomic E-state index is 8.76. The predicted molar refractivity (Wildman–Crippen MR) is 68.3 cm³/mol. The van der Waals surface area contributed by atoms with E-state index in [4.69, 9.17) is 11.0 Å². The van der Waals surface area contributed by atoms with E-state index in [2.05, 4.69) is 31.7 Å². The van der Waals surface area contributed by atoms with Crippen LogP contribution < -0.4 is 10.6 Å². The molecule has 0 aliphatic heterocycles. The Kier molecular flexibility index (Phi) is 3.44. The number of benzene rings is 1. The van der Waals surface area contributed by atoms with Crippen molar-refractivity contribution in [3.63, 3.8) is 0 Å². The molecule has 0 amide bonds. The molecular formula is C13H19N3. The Morgan fingerprint density at radius 2 is 2.00 bits per heavy atom. The van der Waals surface area contributed by atoms with Crippen molar-refractivity contribution >= 4 is 11.4 Å². The molecule has 0 radical (unpaired) electrons. The van der Waals surface area contributed by atoms with Crippen LogP contribution in [0.1, 0.15) is 26.3 Å². The standard InChI is InChI=1S/C13H19N3/c1-13(2,3)9-16(4)12-6-5-10(8-14)7-11(12)15/h5-7H,9,15H2,1-4H3. The van der Waals surface area contributed by atoms with Crippen molar-refractivity contribution in [3.8, 4) is 6.07 Å². The first-order valence-electron chi connectivity index (χ1n) is 5.34. The van der Waals surface area contributed by atoms with Crippen molar-refractivity contribution in [1.82, 2.24) is 0 Å². The van der Waals surface area contributed by atoms with Gasteiger partial charge in [0.2, 0.25) is 0 Å². The second kappa shape index (κ2) is 4.44. The van der Waals surface area contributed by atoms with Gasteiger partial charge in [-0.25, -0.2) is 0 Å². The molecule has 0 heterocycles. The fourth-order valence-corrected chi connectivity index (χ4v) is 1.77. The maximum Gasteiger partial charge on any atom is 0.0992 e. The molecule has 86 valence electrons. The van der Waals surface area contributed by atoms with Gasteiger partial charge in [-0.05, 0) is 23.6 Å². The van der Waals surface area contributed by atoms with E-state index in [0.717, 1.165) is 12.2 Å². The molecule has 3 heteroatoms. The lowest BCUT2D eigenvalue weighted by Crippen LogP contribution is -2.29. The zero-order chi connectivity index (χ0) is 12.3. The molecule has 0 fully saturated rings. The molecule has 1 aromatic rings. The minimum atomic E-state index is 0.217. The fraction of sp³-hybridized carbons (Fsp3) is 0.462. The van der Waals surface area contributed by atoms with Crippen LogP contribution in [-0.2, 0) is 0 Å². The normalized spacial score (nSPS) is 10.9. The third kappa shape index (κ3) is 3.16. The quantitative estimate of drug-likeness (QED) is 0.775. The Morgan fingerprint density at radius 1 is 1.38 bits per heavy atom. The van der Waals surface area contributed by atoms with Gasteiger partial charge in [-0.1, -0.05) is 20.8 Å². The summed E-state index contributed by atoms with van der Waals surface area (Å²) in [6.07, 6.45) is 0. The Bertz CT molecular complexity index is 410. The third-order valence-electron chi connectivity index (χ3n) is 2.28. The van der Waals surface area contributed by atoms with Gasteiger partial charge in [0.05, 0.1) is 23.0 Å². The van der Waals surface area contributed by atoms with E-state index in [1.807, 2.05) is 13.1 Å². The van der Waals surface area contributed by atoms with Crippen LogP contribution in [-0.4, -0.2) is 13.6 Å². The average Bonchev–Trinajstić information content (AvgIpc) is 2.14. The summed E-state index contributed by atoms with van der Waals surface area (Å²) in [4.78, 5) is 2.12. The minimum Gasteiger partial charge on any atom is -0.397 e. The molecule has 0 atom stereocenters. The Labute approximate surface area is 97.5 Å². The van der Waals surface area contributed by atoms with Crippen LogP contribution in [0.25, 0.3) is 0 Å². The van der Waals surface area contributed by atoms with Crippen LogP contribution >= 0.6 is 0 Å². The van der Waals surface area contributed by atoms with Crippen molar-refractivity contribution in [1.29, 1.82) is 5.26 Å². The number of anilines is 2. The molecule has 3 nitrogen and oxygen atoms in total. The van der Waals surface area contributed by atoms with Crippen molar-refractivity contribution in [3.05, 3.63) is 23.8 Å². The Morgan fingerprint density at radius 3 is 2.44 bits per heavy atom. The SMILES string of the molecule is CN(CC(C)(C)C)c1ccc(C#N)cc1N. The van der Waals surface area contributed by atoms with Gasteiger partial charge < -0.3 is 10.6 Å². The van der Waals surface area contributed by atoms with Gasteiger partial charge in [0, 0.05) is 13.6 Å². The van der Waals surface area contributed by atoms with Gasteiger partial charge in [0.25, 0.3) is 0 Å². The summed E-state index contributed by atoms with van der Waals surface area (Å²) >= 11 is 0. The van der Waals surface area contributed by atoms with Crippen LogP contribution in [0.15, 0.2) is 18.2 Å². The van der Waals surface area contributed by atoms with E-state index in [0.29, 0.717) is 11.3 Å². The zero-order valence-corrected chi connectivity index (χ0v) is 10.4. The predicted octanol–water partition coefficient (Wildman–Crippen LogP) is 2.62. The van der Waals surface area contributed by atoms with Crippen molar-refractivity contribution in [2.24, 2.45) is 5.41 Å². The van der Waals surface area contributed by atoms with Crippen molar-refractivity contribution < 1.29 is 0 Å². The smallest absolute Gasteiger partial charge is 0.0992 e. The number of rotatable bonds is 2. The highest BCUT2D eigenvalue weighted by atomic mass is 15.1. The highest BCUT2D eigenvalue weighted by Gasteiger charge is 2.15. The topological polar surface area (TPSA) is 53.0 Å². The monoisotopic (exact) mass is 217 g/mol. The second-order valence-corrected chi connectivity index (χ2v) is 5.30. The van der Waals surface area contributed by atoms with Crippen molar-refractivity contribution in [2.45, 2.75) is 20.8 Å². The molecule has 1 aromatic carbocycles. The van der Waals surface area contributed by atoms with Gasteiger partial charge in [0.1, 0.15) is 0 Å². The zero-order valence-electron chi connectivity index (χ0n) is 10.4. The van der Waals surface area contributed by atoms with Gasteiger partial charge in [-0.2, -0.15) is 5.26 Å². The average molecular weight is 217 g/mol. The van der Waals surface area contributed by atoms with E-state index in [1.165, 1.54) is 0 Å². The molecule has 0 aliphatic carbocycles. The molecule has 0 saturated carbocycles. The molecule has 0 aliphatic rings. The van der Waals surface area contributed by atoms with Crippen LogP contribution in [0.3, 0.4) is 0 Å². The second-order valence-electron chi connectivity index (χ2n) is 5.30. The lowest BCUT2D eigenvalue weighted by molar-refractivity contribution is 0.419. The highest BCUT2D eigenvalue weighted by Crippen LogP contribution is 2.26. The number of nitrogen functional groups attached to an aromatic ring is 1. The van der Waals surface area contributed by atoms with E-state index in [-0.39, 0.29) is 5.41 Å². The largest absolute Gasteiger partial charge is 0.397 e. The third-order valence-corrected chi connectivity index (χ3v) is 2.28. The number of hydrogen-bond donors (Lipinski definition) is 1. The summed E-state index contributed by atoms with van der Waals surface area (Å²) in [6.45, 7) is 7.47. The maximum absolute atomic E-state index is 8.76. The molecule has 0 saturated heterocycles. The summed E-state index contributed by atoms with van der Waals surface area (Å²) in [7, 11) is 2.02. The fourth-order valence-electron chi connectivity index (χ4n) is 1.77. The lowest BCUT2D eigenvalue weighted by Gasteiger charge is -2.29. The first-order chi connectivity index (χ1) is 7.33. The summed E-state index contributed by atoms with van der Waals surface area (Å²) < 4.78 is 0. The molecule has 0 aromatic heterocycles. The number of hydrogen-bond acceptors (Lipinski definition) is 3. The van der Waals surface area contributed by atoms with Gasteiger partial charge in [-0.15, -0.1) is 0 Å². The molecule has 2 N–H and O–H groups in total. The van der Waals surface area contributed by atoms with Crippen LogP contribution in [0.2, 0.25) is 0 Å². The molecule has 16 heavy (non-hydrogen) atoms. The van der Waals surface area contributed by atoms with E-state index in [9.17, 15) is 0 Å². The summed E-state index contributed by atoms with van der Waals surface area (Å²) in [6, 6.07) is 7.50. The Balaban J connectivity index is 2.93. The van der Waals surface area contributed by atoms with E-state index >= 15 is 0 Å². The molecular weight excluding hydrogens is 198 g/mol. The lowest BCUT2D eigenvalue weighted by atomic mass is 9.96. The molecule has 1 rings (SSSR count). The molecule has 0 spiro atoms. The van der Waals surface area contributed by atoms with Crippen molar-refractivity contribution in [2.75, 3.05) is 24.2 Å². The van der Waals surface area contributed by atoms with Gasteiger partial charge in [0.15, 0.2) is 0 Å². The summed E-state index contributed by atoms with van der Waals surface area (Å²) in [5, 5.41) is 8.76. The summed E-state index contributed by atoms with van der Waals surface area (Å²) in [5.74, 6) is 0. The van der Waals surface area contributed by atoms with Crippen LogP contribution in [0, 0.1) is 16.7 Å². The van der Waals surface area contributed by atoms with Crippen LogP contribution in [0.4, 0.5) is 11.4 Å². The first kappa shape index (κ1) is 12.4. The minimum absolute atomic E-state index is 0.217. The summed E-state index contributed by atoms with van der Waals surface area (Å²) in [5.41, 5.74) is 8.38. The van der Waals surface area contributed by atoms with Gasteiger partial charge >= 0.3 is 0 Å².